The number of aromatic carboxylic acids is 1. The summed E-state index contributed by atoms with van der Waals surface area (Å²) in [5.41, 5.74) is 0.917. The van der Waals surface area contributed by atoms with Crippen molar-refractivity contribution in [3.05, 3.63) is 29.3 Å². The van der Waals surface area contributed by atoms with Crippen LogP contribution in [0.1, 0.15) is 29.8 Å². The molecular formula is C13H19NO3. The predicted octanol–water partition coefficient (Wildman–Crippen LogP) is 1.90. The molecule has 1 aromatic rings. The van der Waals surface area contributed by atoms with E-state index in [1.165, 1.54) is 0 Å². The molecule has 0 fully saturated rings. The summed E-state index contributed by atoms with van der Waals surface area (Å²) in [4.78, 5) is 12.9. The van der Waals surface area contributed by atoms with Crippen LogP contribution in [-0.2, 0) is 0 Å². The average molecular weight is 237 g/mol. The van der Waals surface area contributed by atoms with Crippen LogP contribution in [0.4, 0.5) is 5.69 Å². The van der Waals surface area contributed by atoms with E-state index >= 15 is 0 Å². The summed E-state index contributed by atoms with van der Waals surface area (Å²) in [6, 6.07) is 5.27. The van der Waals surface area contributed by atoms with E-state index in [0.29, 0.717) is 12.2 Å². The van der Waals surface area contributed by atoms with E-state index in [2.05, 4.69) is 0 Å². The van der Waals surface area contributed by atoms with Gasteiger partial charge in [0.2, 0.25) is 0 Å². The molecule has 0 saturated carbocycles. The molecule has 0 aliphatic heterocycles. The van der Waals surface area contributed by atoms with Crippen LogP contribution in [0.15, 0.2) is 18.2 Å². The second-order valence-electron chi connectivity index (χ2n) is 4.99. The monoisotopic (exact) mass is 237 g/mol. The highest BCUT2D eigenvalue weighted by Gasteiger charge is 2.19. The highest BCUT2D eigenvalue weighted by molar-refractivity contribution is 5.94. The number of likely N-dealkylation sites (N-methyl/N-ethyl adjacent to an activating group) is 1. The van der Waals surface area contributed by atoms with Gasteiger partial charge in [-0.1, -0.05) is 11.6 Å². The standard InChI is InChI=1S/C13H19NO3/c1-9-5-6-11(10(7-9)12(15)16)14(4)8-13(2,3)17/h5-7,17H,8H2,1-4H3,(H,15,16). The topological polar surface area (TPSA) is 60.8 Å². The van der Waals surface area contributed by atoms with Crippen LogP contribution in [0, 0.1) is 6.92 Å². The number of carboxylic acids is 1. The Labute approximate surface area is 101 Å². The molecule has 0 aliphatic carbocycles. The zero-order valence-electron chi connectivity index (χ0n) is 10.7. The van der Waals surface area contributed by atoms with Crippen LogP contribution >= 0.6 is 0 Å². The number of hydrogen-bond acceptors (Lipinski definition) is 3. The minimum absolute atomic E-state index is 0.261. The van der Waals surface area contributed by atoms with Gasteiger partial charge in [-0.3, -0.25) is 0 Å². The Balaban J connectivity index is 3.09. The Morgan fingerprint density at radius 1 is 1.41 bits per heavy atom. The van der Waals surface area contributed by atoms with Gasteiger partial charge in [-0.2, -0.15) is 0 Å². The molecular weight excluding hydrogens is 218 g/mol. The van der Waals surface area contributed by atoms with Gasteiger partial charge in [0, 0.05) is 13.6 Å². The number of hydrogen-bond donors (Lipinski definition) is 2. The first-order valence-corrected chi connectivity index (χ1v) is 5.48. The highest BCUT2D eigenvalue weighted by atomic mass is 16.4. The number of aryl methyl sites for hydroxylation is 1. The molecule has 4 heteroatoms. The first kappa shape index (κ1) is 13.5. The van der Waals surface area contributed by atoms with Gasteiger partial charge in [0.05, 0.1) is 16.9 Å². The fourth-order valence-electron chi connectivity index (χ4n) is 1.82. The van der Waals surface area contributed by atoms with Gasteiger partial charge in [-0.15, -0.1) is 0 Å². The molecule has 0 aliphatic rings. The van der Waals surface area contributed by atoms with E-state index < -0.39 is 11.6 Å². The van der Waals surface area contributed by atoms with Crippen molar-refractivity contribution in [2.45, 2.75) is 26.4 Å². The number of nitrogens with zero attached hydrogens (tertiary/aromatic N) is 1. The van der Waals surface area contributed by atoms with E-state index in [1.54, 1.807) is 37.9 Å². The summed E-state index contributed by atoms with van der Waals surface area (Å²) in [5.74, 6) is -0.953. The summed E-state index contributed by atoms with van der Waals surface area (Å²) in [6.45, 7) is 5.61. The van der Waals surface area contributed by atoms with Crippen LogP contribution in [0.2, 0.25) is 0 Å². The first-order valence-electron chi connectivity index (χ1n) is 5.48. The zero-order chi connectivity index (χ0) is 13.2. The minimum atomic E-state index is -0.953. The second-order valence-corrected chi connectivity index (χ2v) is 4.99. The number of carboxylic acid groups (broad SMARTS) is 1. The highest BCUT2D eigenvalue weighted by Crippen LogP contribution is 2.22. The lowest BCUT2D eigenvalue weighted by Gasteiger charge is -2.28. The second kappa shape index (κ2) is 4.75. The summed E-state index contributed by atoms with van der Waals surface area (Å²) >= 11 is 0. The van der Waals surface area contributed by atoms with Gasteiger partial charge >= 0.3 is 5.97 Å². The SMILES string of the molecule is Cc1ccc(N(C)CC(C)(C)O)c(C(=O)O)c1. The summed E-state index contributed by atoms with van der Waals surface area (Å²) in [7, 11) is 1.77. The van der Waals surface area contributed by atoms with Gasteiger partial charge in [-0.05, 0) is 32.9 Å². The zero-order valence-corrected chi connectivity index (χ0v) is 10.7. The molecule has 0 radical (unpaired) electrons. The van der Waals surface area contributed by atoms with E-state index in [-0.39, 0.29) is 5.56 Å². The molecule has 1 rings (SSSR count). The molecule has 0 aromatic heterocycles. The number of benzene rings is 1. The number of rotatable bonds is 4. The molecule has 2 N–H and O–H groups in total. The minimum Gasteiger partial charge on any atom is -0.478 e. The third-order valence-electron chi connectivity index (χ3n) is 2.42. The molecule has 4 nitrogen and oxygen atoms in total. The Morgan fingerprint density at radius 2 is 2.00 bits per heavy atom. The Bertz CT molecular complexity index is 421. The molecule has 0 bridgehead atoms. The maximum Gasteiger partial charge on any atom is 0.337 e. The average Bonchev–Trinajstić information content (AvgIpc) is 2.14. The Kier molecular flexibility index (Phi) is 3.78. The lowest BCUT2D eigenvalue weighted by molar-refractivity contribution is 0.0694. The fraction of sp³-hybridized carbons (Fsp3) is 0.462. The van der Waals surface area contributed by atoms with Crippen molar-refractivity contribution in [3.63, 3.8) is 0 Å². The first-order chi connectivity index (χ1) is 7.70. The molecule has 0 unspecified atom stereocenters. The Hall–Kier alpha value is -1.55. The van der Waals surface area contributed by atoms with Gasteiger partial charge < -0.3 is 15.1 Å². The van der Waals surface area contributed by atoms with Crippen LogP contribution in [0.5, 0.6) is 0 Å². The normalized spacial score (nSPS) is 11.4. The molecule has 0 amide bonds. The van der Waals surface area contributed by atoms with Gasteiger partial charge in [0.15, 0.2) is 0 Å². The fourth-order valence-corrected chi connectivity index (χ4v) is 1.82. The largest absolute Gasteiger partial charge is 0.478 e. The molecule has 0 atom stereocenters. The smallest absolute Gasteiger partial charge is 0.337 e. The molecule has 0 saturated heterocycles. The third kappa shape index (κ3) is 3.75. The lowest BCUT2D eigenvalue weighted by atomic mass is 10.1. The maximum absolute atomic E-state index is 11.2. The summed E-state index contributed by atoms with van der Waals surface area (Å²) in [6.07, 6.45) is 0. The summed E-state index contributed by atoms with van der Waals surface area (Å²) < 4.78 is 0. The number of carbonyl (C=O) groups is 1. The van der Waals surface area contributed by atoms with E-state index in [0.717, 1.165) is 5.56 Å². The van der Waals surface area contributed by atoms with Gasteiger partial charge in [0.25, 0.3) is 0 Å². The van der Waals surface area contributed by atoms with Crippen molar-refractivity contribution in [3.8, 4) is 0 Å². The van der Waals surface area contributed by atoms with Gasteiger partial charge in [0.1, 0.15) is 0 Å². The molecule has 17 heavy (non-hydrogen) atoms. The number of anilines is 1. The molecule has 94 valence electrons. The van der Waals surface area contributed by atoms with Crippen molar-refractivity contribution in [1.82, 2.24) is 0 Å². The third-order valence-corrected chi connectivity index (χ3v) is 2.42. The Morgan fingerprint density at radius 3 is 2.47 bits per heavy atom. The van der Waals surface area contributed by atoms with Crippen molar-refractivity contribution in [2.24, 2.45) is 0 Å². The van der Waals surface area contributed by atoms with Crippen LogP contribution in [0.3, 0.4) is 0 Å². The van der Waals surface area contributed by atoms with Crippen molar-refractivity contribution in [1.29, 1.82) is 0 Å². The predicted molar refractivity (Wildman–Crippen MR) is 67.7 cm³/mol. The van der Waals surface area contributed by atoms with E-state index in [1.807, 2.05) is 13.0 Å². The number of aliphatic hydroxyl groups is 1. The van der Waals surface area contributed by atoms with Crippen molar-refractivity contribution < 1.29 is 15.0 Å². The maximum atomic E-state index is 11.2. The van der Waals surface area contributed by atoms with Crippen LogP contribution < -0.4 is 4.90 Å². The summed E-state index contributed by atoms with van der Waals surface area (Å²) in [5, 5.41) is 18.9. The molecule has 0 spiro atoms. The van der Waals surface area contributed by atoms with Crippen molar-refractivity contribution in [2.75, 3.05) is 18.5 Å². The van der Waals surface area contributed by atoms with Crippen LogP contribution in [-0.4, -0.2) is 35.4 Å². The molecule has 0 heterocycles. The molecule has 1 aromatic carbocycles. The van der Waals surface area contributed by atoms with E-state index in [4.69, 9.17) is 5.11 Å². The van der Waals surface area contributed by atoms with E-state index in [9.17, 15) is 9.90 Å². The van der Waals surface area contributed by atoms with Crippen LogP contribution in [0.25, 0.3) is 0 Å². The van der Waals surface area contributed by atoms with Crippen molar-refractivity contribution >= 4 is 11.7 Å². The lowest BCUT2D eigenvalue weighted by Crippen LogP contribution is -2.36. The quantitative estimate of drug-likeness (QED) is 0.839. The van der Waals surface area contributed by atoms with Gasteiger partial charge in [-0.25, -0.2) is 4.79 Å².